The summed E-state index contributed by atoms with van der Waals surface area (Å²) in [6, 6.07) is 1.17. The van der Waals surface area contributed by atoms with Crippen LogP contribution in [-0.4, -0.2) is 49.9 Å². The SMILES string of the molecule is C[C@@H](Nc1nc(-c2c[nH]c3ncc(N)cc23)ncc1F)C(=O)N1CCCC1. The Labute approximate surface area is 155 Å². The minimum atomic E-state index is -0.614. The third kappa shape index (κ3) is 3.27. The van der Waals surface area contributed by atoms with Gasteiger partial charge in [-0.1, -0.05) is 0 Å². The molecular formula is C18H20FN7O. The smallest absolute Gasteiger partial charge is 0.244 e. The van der Waals surface area contributed by atoms with E-state index in [9.17, 15) is 9.18 Å². The molecule has 1 saturated heterocycles. The van der Waals surface area contributed by atoms with Crippen LogP contribution in [0.1, 0.15) is 19.8 Å². The number of anilines is 2. The van der Waals surface area contributed by atoms with Crippen LogP contribution in [0.25, 0.3) is 22.4 Å². The van der Waals surface area contributed by atoms with Gasteiger partial charge in [-0.3, -0.25) is 4.79 Å². The second-order valence-corrected chi connectivity index (χ2v) is 6.66. The lowest BCUT2D eigenvalue weighted by Crippen LogP contribution is -2.40. The van der Waals surface area contributed by atoms with E-state index >= 15 is 0 Å². The van der Waals surface area contributed by atoms with Crippen LogP contribution in [0.15, 0.2) is 24.7 Å². The molecule has 3 aromatic heterocycles. The molecule has 9 heteroatoms. The number of amides is 1. The second-order valence-electron chi connectivity index (χ2n) is 6.66. The summed E-state index contributed by atoms with van der Waals surface area (Å²) < 4.78 is 14.2. The molecule has 0 unspecified atom stereocenters. The first-order chi connectivity index (χ1) is 13.0. The molecule has 3 aromatic rings. The molecule has 1 atom stereocenters. The molecule has 0 aromatic carbocycles. The first-order valence-electron chi connectivity index (χ1n) is 8.84. The fourth-order valence-electron chi connectivity index (χ4n) is 3.28. The van der Waals surface area contributed by atoms with Crippen LogP contribution in [-0.2, 0) is 4.79 Å². The monoisotopic (exact) mass is 369 g/mol. The summed E-state index contributed by atoms with van der Waals surface area (Å²) in [5, 5.41) is 3.62. The van der Waals surface area contributed by atoms with Crippen LogP contribution in [0.4, 0.5) is 15.9 Å². The van der Waals surface area contributed by atoms with Crippen molar-refractivity contribution < 1.29 is 9.18 Å². The minimum Gasteiger partial charge on any atom is -0.397 e. The molecule has 1 aliphatic heterocycles. The van der Waals surface area contributed by atoms with Crippen LogP contribution in [0.3, 0.4) is 0 Å². The molecule has 27 heavy (non-hydrogen) atoms. The molecule has 0 spiro atoms. The third-order valence-electron chi connectivity index (χ3n) is 4.68. The van der Waals surface area contributed by atoms with E-state index in [4.69, 9.17) is 5.73 Å². The number of nitrogens with zero attached hydrogens (tertiary/aromatic N) is 4. The van der Waals surface area contributed by atoms with Crippen LogP contribution < -0.4 is 11.1 Å². The summed E-state index contributed by atoms with van der Waals surface area (Å²) in [5.41, 5.74) is 7.62. The number of aromatic amines is 1. The number of likely N-dealkylation sites (tertiary alicyclic amines) is 1. The normalized spacial score (nSPS) is 15.3. The van der Waals surface area contributed by atoms with Crippen molar-refractivity contribution in [2.45, 2.75) is 25.8 Å². The fraction of sp³-hybridized carbons (Fsp3) is 0.333. The number of nitrogens with one attached hydrogen (secondary N) is 2. The molecular weight excluding hydrogens is 349 g/mol. The maximum absolute atomic E-state index is 14.2. The Hall–Kier alpha value is -3.23. The van der Waals surface area contributed by atoms with Crippen molar-refractivity contribution in [3.05, 3.63) is 30.5 Å². The van der Waals surface area contributed by atoms with E-state index < -0.39 is 11.9 Å². The van der Waals surface area contributed by atoms with Gasteiger partial charge in [-0.2, -0.15) is 0 Å². The van der Waals surface area contributed by atoms with Gasteiger partial charge in [-0.15, -0.1) is 0 Å². The van der Waals surface area contributed by atoms with Crippen molar-refractivity contribution >= 4 is 28.4 Å². The zero-order valence-corrected chi connectivity index (χ0v) is 14.9. The van der Waals surface area contributed by atoms with E-state index in [0.29, 0.717) is 22.7 Å². The number of hydrogen-bond donors (Lipinski definition) is 3. The Bertz CT molecular complexity index is 997. The van der Waals surface area contributed by atoms with E-state index in [1.807, 2.05) is 0 Å². The Morgan fingerprint density at radius 2 is 2.11 bits per heavy atom. The first kappa shape index (κ1) is 17.2. The Morgan fingerprint density at radius 3 is 2.89 bits per heavy atom. The molecule has 0 radical (unpaired) electrons. The molecule has 4 heterocycles. The number of halogens is 1. The van der Waals surface area contributed by atoms with Gasteiger partial charge in [0.1, 0.15) is 11.7 Å². The Kier molecular flexibility index (Phi) is 4.35. The standard InChI is InChI=1S/C18H20FN7O/c1-10(18(27)26-4-2-3-5-26)24-17-14(19)9-23-16(25-17)13-8-22-15-12(13)6-11(20)7-21-15/h6-10H,2-5,20H2,1H3,(H,21,22)(H,23,24,25)/t10-/m1/s1. The quantitative estimate of drug-likeness (QED) is 0.650. The summed E-state index contributed by atoms with van der Waals surface area (Å²) in [6.45, 7) is 3.19. The second kappa shape index (κ2) is 6.82. The number of hydrogen-bond acceptors (Lipinski definition) is 6. The van der Waals surface area contributed by atoms with Gasteiger partial charge in [-0.25, -0.2) is 19.3 Å². The van der Waals surface area contributed by atoms with Crippen LogP contribution >= 0.6 is 0 Å². The zero-order valence-electron chi connectivity index (χ0n) is 14.9. The van der Waals surface area contributed by atoms with Gasteiger partial charge < -0.3 is 20.9 Å². The Balaban J connectivity index is 1.63. The molecule has 0 bridgehead atoms. The highest BCUT2D eigenvalue weighted by atomic mass is 19.1. The lowest BCUT2D eigenvalue weighted by molar-refractivity contribution is -0.130. The highest BCUT2D eigenvalue weighted by Gasteiger charge is 2.24. The fourth-order valence-corrected chi connectivity index (χ4v) is 3.28. The topological polar surface area (TPSA) is 113 Å². The molecule has 4 rings (SSSR count). The van der Waals surface area contributed by atoms with Crippen molar-refractivity contribution in [1.82, 2.24) is 24.8 Å². The highest BCUT2D eigenvalue weighted by molar-refractivity contribution is 5.93. The number of H-pyrrole nitrogens is 1. The van der Waals surface area contributed by atoms with Crippen LogP contribution in [0, 0.1) is 5.82 Å². The van der Waals surface area contributed by atoms with Crippen molar-refractivity contribution in [3.63, 3.8) is 0 Å². The highest BCUT2D eigenvalue weighted by Crippen LogP contribution is 2.27. The molecule has 8 nitrogen and oxygen atoms in total. The van der Waals surface area contributed by atoms with Gasteiger partial charge in [0.2, 0.25) is 5.91 Å². The molecule has 1 amide bonds. The lowest BCUT2D eigenvalue weighted by atomic mass is 10.2. The number of nitrogens with two attached hydrogens (primary N) is 1. The predicted molar refractivity (Wildman–Crippen MR) is 100 cm³/mol. The van der Waals surface area contributed by atoms with Crippen LogP contribution in [0.2, 0.25) is 0 Å². The molecule has 0 saturated carbocycles. The van der Waals surface area contributed by atoms with Gasteiger partial charge in [0.15, 0.2) is 17.5 Å². The van der Waals surface area contributed by atoms with Crippen LogP contribution in [0.5, 0.6) is 0 Å². The van der Waals surface area contributed by atoms with Gasteiger partial charge in [0, 0.05) is 30.2 Å². The van der Waals surface area contributed by atoms with Crippen molar-refractivity contribution in [2.75, 3.05) is 24.1 Å². The predicted octanol–water partition coefficient (Wildman–Crippen LogP) is 2.16. The van der Waals surface area contributed by atoms with E-state index in [1.165, 1.54) is 0 Å². The molecule has 4 N–H and O–H groups in total. The summed E-state index contributed by atoms with van der Waals surface area (Å²) in [5.74, 6) is -0.363. The molecule has 1 fully saturated rings. The van der Waals surface area contributed by atoms with E-state index in [-0.39, 0.29) is 11.7 Å². The van der Waals surface area contributed by atoms with Gasteiger partial charge in [-0.05, 0) is 25.8 Å². The Morgan fingerprint density at radius 1 is 1.33 bits per heavy atom. The summed E-state index contributed by atoms with van der Waals surface area (Å²) in [4.78, 5) is 29.8. The molecule has 1 aliphatic rings. The largest absolute Gasteiger partial charge is 0.397 e. The maximum atomic E-state index is 14.2. The molecule has 0 aliphatic carbocycles. The third-order valence-corrected chi connectivity index (χ3v) is 4.68. The van der Waals surface area contributed by atoms with Crippen molar-refractivity contribution in [2.24, 2.45) is 0 Å². The summed E-state index contributed by atoms with van der Waals surface area (Å²) in [6.07, 6.45) is 6.35. The summed E-state index contributed by atoms with van der Waals surface area (Å²) in [7, 11) is 0. The maximum Gasteiger partial charge on any atom is 0.244 e. The average Bonchev–Trinajstić information content (AvgIpc) is 3.32. The van der Waals surface area contributed by atoms with Crippen molar-refractivity contribution in [3.8, 4) is 11.4 Å². The van der Waals surface area contributed by atoms with E-state index in [2.05, 4.69) is 25.3 Å². The molecule has 140 valence electrons. The minimum absolute atomic E-state index is 0.00809. The van der Waals surface area contributed by atoms with Gasteiger partial charge in [0.25, 0.3) is 0 Å². The number of carbonyl (C=O) groups is 1. The number of fused-ring (bicyclic) bond motifs is 1. The van der Waals surface area contributed by atoms with Crippen molar-refractivity contribution in [1.29, 1.82) is 0 Å². The average molecular weight is 369 g/mol. The van der Waals surface area contributed by atoms with Gasteiger partial charge >= 0.3 is 0 Å². The number of pyridine rings is 1. The van der Waals surface area contributed by atoms with E-state index in [1.54, 1.807) is 30.3 Å². The number of nitrogen functional groups attached to an aromatic ring is 1. The number of rotatable bonds is 4. The number of carbonyl (C=O) groups excluding carboxylic acids is 1. The van der Waals surface area contributed by atoms with E-state index in [0.717, 1.165) is 37.5 Å². The summed E-state index contributed by atoms with van der Waals surface area (Å²) >= 11 is 0. The van der Waals surface area contributed by atoms with Gasteiger partial charge in [0.05, 0.1) is 18.1 Å². The first-order valence-corrected chi connectivity index (χ1v) is 8.84. The lowest BCUT2D eigenvalue weighted by Gasteiger charge is -2.21. The zero-order chi connectivity index (χ0) is 19.0. The number of aromatic nitrogens is 4.